The van der Waals surface area contributed by atoms with Crippen LogP contribution >= 0.6 is 0 Å². The molecule has 0 aliphatic rings. The Kier molecular flexibility index (Phi) is 2.46. The summed E-state index contributed by atoms with van der Waals surface area (Å²) in [5.41, 5.74) is 0.802. The van der Waals surface area contributed by atoms with Crippen LogP contribution in [0, 0.1) is 19.1 Å². The van der Waals surface area contributed by atoms with Gasteiger partial charge in [0.1, 0.15) is 5.69 Å². The normalized spacial score (nSPS) is 9.77. The van der Waals surface area contributed by atoms with Gasteiger partial charge >= 0.3 is 5.97 Å². The molecule has 5 heteroatoms. The number of esters is 1. The molecule has 0 amide bonds. The third-order valence-electron chi connectivity index (χ3n) is 1.64. The molecule has 70 valence electrons. The van der Waals surface area contributed by atoms with E-state index in [9.17, 15) is 10.0 Å². The van der Waals surface area contributed by atoms with Crippen molar-refractivity contribution in [1.82, 2.24) is 4.98 Å². The van der Waals surface area contributed by atoms with Gasteiger partial charge in [0, 0.05) is 6.92 Å². The van der Waals surface area contributed by atoms with Gasteiger partial charge < -0.3 is 9.94 Å². The van der Waals surface area contributed by atoms with Gasteiger partial charge in [0.2, 0.25) is 17.6 Å². The van der Waals surface area contributed by atoms with E-state index in [4.69, 9.17) is 0 Å². The Labute approximate surface area is 75.6 Å². The van der Waals surface area contributed by atoms with Crippen LogP contribution in [0.2, 0.25) is 0 Å². The summed E-state index contributed by atoms with van der Waals surface area (Å²) in [6.07, 6.45) is 1.31. The minimum atomic E-state index is -0.592. The second kappa shape index (κ2) is 3.38. The van der Waals surface area contributed by atoms with Gasteiger partial charge in [-0.05, 0) is 6.92 Å². The molecule has 1 rings (SSSR count). The summed E-state index contributed by atoms with van der Waals surface area (Å²) in [6.45, 7) is 3.16. The van der Waals surface area contributed by atoms with E-state index in [0.29, 0.717) is 10.4 Å². The van der Waals surface area contributed by atoms with Gasteiger partial charge in [0.15, 0.2) is 0 Å². The van der Waals surface area contributed by atoms with Crippen molar-refractivity contribution in [2.24, 2.45) is 0 Å². The van der Waals surface area contributed by atoms with Gasteiger partial charge in [-0.1, -0.05) is 0 Å². The van der Waals surface area contributed by atoms with Crippen molar-refractivity contribution in [1.29, 1.82) is 0 Å². The Morgan fingerprint density at radius 3 is 2.77 bits per heavy atom. The van der Waals surface area contributed by atoms with E-state index >= 15 is 0 Å². The molecule has 0 aliphatic carbocycles. The summed E-state index contributed by atoms with van der Waals surface area (Å²) in [6, 6.07) is 0. The molecule has 1 aromatic heterocycles. The zero-order chi connectivity index (χ0) is 10.0. The van der Waals surface area contributed by atoms with Gasteiger partial charge in [-0.2, -0.15) is 4.73 Å². The predicted octanol–water partition coefficient (Wildman–Crippen LogP) is 0.118. The van der Waals surface area contributed by atoms with Crippen LogP contribution in [0.25, 0.3) is 0 Å². The zero-order valence-electron chi connectivity index (χ0n) is 7.70. The Morgan fingerprint density at radius 1 is 1.62 bits per heavy atom. The Hall–Kier alpha value is -1.65. The molecule has 1 heterocycles. The highest BCUT2D eigenvalue weighted by Crippen LogP contribution is 2.01. The number of carbonyl (C=O) groups excluding carboxylic acids is 1. The highest BCUT2D eigenvalue weighted by Gasteiger charge is 2.18. The standard InChI is InChI=1S/C8H10N2O3/c1-5-4-10(12)6(2)7(9-5)8(11)13-3/h4H,1-3H3. The molecule has 0 fully saturated rings. The van der Waals surface area contributed by atoms with Crippen molar-refractivity contribution in [2.45, 2.75) is 13.8 Å². The second-order valence-corrected chi connectivity index (χ2v) is 2.63. The Balaban J connectivity index is 3.28. The molecule has 0 atom stereocenters. The SMILES string of the molecule is COC(=O)c1nc(C)c[n+]([O-])c1C. The smallest absolute Gasteiger partial charge is 0.363 e. The number of aromatic nitrogens is 2. The van der Waals surface area contributed by atoms with Crippen molar-refractivity contribution in [3.63, 3.8) is 0 Å². The Bertz CT molecular complexity index is 349. The van der Waals surface area contributed by atoms with Crippen molar-refractivity contribution in [2.75, 3.05) is 7.11 Å². The summed E-state index contributed by atoms with van der Waals surface area (Å²) in [5.74, 6) is -0.592. The van der Waals surface area contributed by atoms with Crippen LogP contribution in [0.1, 0.15) is 21.9 Å². The van der Waals surface area contributed by atoms with Gasteiger partial charge in [0.05, 0.1) is 7.11 Å². The lowest BCUT2D eigenvalue weighted by molar-refractivity contribution is -0.613. The zero-order valence-corrected chi connectivity index (χ0v) is 7.70. The highest BCUT2D eigenvalue weighted by molar-refractivity contribution is 5.87. The molecule has 0 saturated heterocycles. The molecule has 0 bridgehead atoms. The maximum Gasteiger partial charge on any atom is 0.363 e. The lowest BCUT2D eigenvalue weighted by Gasteiger charge is -2.04. The average molecular weight is 182 g/mol. The van der Waals surface area contributed by atoms with Crippen molar-refractivity contribution in [3.05, 3.63) is 28.5 Å². The maximum atomic E-state index is 11.1. The second-order valence-electron chi connectivity index (χ2n) is 2.63. The summed E-state index contributed by atoms with van der Waals surface area (Å²) < 4.78 is 5.08. The topological polar surface area (TPSA) is 66.1 Å². The van der Waals surface area contributed by atoms with Crippen LogP contribution < -0.4 is 4.73 Å². The first-order valence-electron chi connectivity index (χ1n) is 3.72. The van der Waals surface area contributed by atoms with E-state index in [-0.39, 0.29) is 11.4 Å². The number of carbonyl (C=O) groups is 1. The number of nitrogens with zero attached hydrogens (tertiary/aromatic N) is 2. The molecule has 13 heavy (non-hydrogen) atoms. The lowest BCUT2D eigenvalue weighted by atomic mass is 10.3. The van der Waals surface area contributed by atoms with E-state index in [2.05, 4.69) is 9.72 Å². The number of methoxy groups -OCH3 is 1. The molecule has 5 nitrogen and oxygen atoms in total. The van der Waals surface area contributed by atoms with Crippen LogP contribution in [0.4, 0.5) is 0 Å². The summed E-state index contributed by atoms with van der Waals surface area (Å²) in [4.78, 5) is 15.0. The molecule has 0 unspecified atom stereocenters. The van der Waals surface area contributed by atoms with E-state index in [1.165, 1.54) is 20.2 Å². The molecule has 0 N–H and O–H groups in total. The molecular formula is C8H10N2O3. The highest BCUT2D eigenvalue weighted by atomic mass is 16.5. The summed E-state index contributed by atoms with van der Waals surface area (Å²) >= 11 is 0. The monoisotopic (exact) mass is 182 g/mol. The minimum Gasteiger partial charge on any atom is -0.618 e. The molecular weight excluding hydrogens is 172 g/mol. The first-order valence-corrected chi connectivity index (χ1v) is 3.72. The lowest BCUT2D eigenvalue weighted by Crippen LogP contribution is -2.33. The molecule has 1 aromatic rings. The van der Waals surface area contributed by atoms with Gasteiger partial charge in [-0.3, -0.25) is 0 Å². The van der Waals surface area contributed by atoms with Gasteiger partial charge in [0.25, 0.3) is 0 Å². The maximum absolute atomic E-state index is 11.1. The van der Waals surface area contributed by atoms with Crippen LogP contribution in [0.15, 0.2) is 6.20 Å². The van der Waals surface area contributed by atoms with Gasteiger partial charge in [-0.15, -0.1) is 0 Å². The predicted molar refractivity (Wildman–Crippen MR) is 44.0 cm³/mol. The summed E-state index contributed by atoms with van der Waals surface area (Å²) in [7, 11) is 1.25. The first kappa shape index (κ1) is 9.44. The fourth-order valence-corrected chi connectivity index (χ4v) is 0.947. The molecule has 0 radical (unpaired) electrons. The molecule has 0 aliphatic heterocycles. The Morgan fingerprint density at radius 2 is 2.23 bits per heavy atom. The fraction of sp³-hybridized carbons (Fsp3) is 0.375. The number of aryl methyl sites for hydroxylation is 1. The minimum absolute atomic E-state index is 0.0671. The van der Waals surface area contributed by atoms with Crippen LogP contribution in [0.5, 0.6) is 0 Å². The first-order chi connectivity index (χ1) is 6.06. The largest absolute Gasteiger partial charge is 0.618 e. The van der Waals surface area contributed by atoms with Crippen LogP contribution in [-0.2, 0) is 4.74 Å². The molecule has 0 spiro atoms. The third kappa shape index (κ3) is 1.74. The van der Waals surface area contributed by atoms with Crippen LogP contribution in [0.3, 0.4) is 0 Å². The molecule has 0 aromatic carbocycles. The number of rotatable bonds is 1. The van der Waals surface area contributed by atoms with Crippen molar-refractivity contribution >= 4 is 5.97 Å². The average Bonchev–Trinajstić information content (AvgIpc) is 2.10. The van der Waals surface area contributed by atoms with Gasteiger partial charge in [-0.25, -0.2) is 9.78 Å². The van der Waals surface area contributed by atoms with Crippen LogP contribution in [-0.4, -0.2) is 18.1 Å². The van der Waals surface area contributed by atoms with E-state index < -0.39 is 5.97 Å². The number of hydrogen-bond donors (Lipinski definition) is 0. The fourth-order valence-electron chi connectivity index (χ4n) is 0.947. The summed E-state index contributed by atoms with van der Waals surface area (Å²) in [5, 5.41) is 11.1. The molecule has 0 saturated carbocycles. The third-order valence-corrected chi connectivity index (χ3v) is 1.64. The van der Waals surface area contributed by atoms with Crippen molar-refractivity contribution in [3.8, 4) is 0 Å². The number of ether oxygens (including phenoxy) is 1. The quantitative estimate of drug-likeness (QED) is 0.351. The van der Waals surface area contributed by atoms with E-state index in [1.807, 2.05) is 0 Å². The number of hydrogen-bond acceptors (Lipinski definition) is 4. The van der Waals surface area contributed by atoms with E-state index in [1.54, 1.807) is 6.92 Å². The van der Waals surface area contributed by atoms with Crippen molar-refractivity contribution < 1.29 is 14.3 Å². The van der Waals surface area contributed by atoms with E-state index in [0.717, 1.165) is 0 Å².